The molecule has 0 amide bonds. The van der Waals surface area contributed by atoms with Gasteiger partial charge < -0.3 is 29.5 Å². The van der Waals surface area contributed by atoms with Gasteiger partial charge in [-0.25, -0.2) is 4.98 Å². The summed E-state index contributed by atoms with van der Waals surface area (Å²) in [6, 6.07) is 9.45. The Bertz CT molecular complexity index is 1590. The number of carbonyl (C=O) groups is 2. The number of carbonyl (C=O) groups excluding carboxylic acids is 2. The van der Waals surface area contributed by atoms with Crippen LogP contribution in [-0.2, 0) is 37.3 Å². The highest BCUT2D eigenvalue weighted by Gasteiger charge is 2.52. The third-order valence-corrected chi connectivity index (χ3v) is 7.97. The fourth-order valence-electron chi connectivity index (χ4n) is 5.91. The SMILES string of the molecule is CCN(c1nc(N[C@H](CO)Cc2ccccc2)c2ncn([C@@H]3O[C@H](c4nnn(C)n4)[C@@H](OC=O)[C@H]3OC=O)c2n1)C1CCCN1. The molecule has 0 saturated carbocycles. The molecule has 45 heavy (non-hydrogen) atoms. The average molecular weight is 622 g/mol. The maximum Gasteiger partial charge on any atom is 0.293 e. The third-order valence-electron chi connectivity index (χ3n) is 7.97. The van der Waals surface area contributed by atoms with Crippen LogP contribution in [0.4, 0.5) is 11.8 Å². The number of hydrogen-bond donors (Lipinski definition) is 3. The normalized spacial score (nSPS) is 23.6. The fraction of sp³-hybridized carbons (Fsp3) is 0.500. The lowest BCUT2D eigenvalue weighted by molar-refractivity contribution is -0.151. The second-order valence-electron chi connectivity index (χ2n) is 10.8. The summed E-state index contributed by atoms with van der Waals surface area (Å²) in [6.07, 6.45) is -0.217. The van der Waals surface area contributed by atoms with E-state index >= 15 is 0 Å². The minimum Gasteiger partial charge on any atom is -0.457 e. The Hall–Kier alpha value is -4.74. The van der Waals surface area contributed by atoms with Crippen LogP contribution in [0.2, 0.25) is 0 Å². The molecule has 6 rings (SSSR count). The van der Waals surface area contributed by atoms with E-state index in [0.29, 0.717) is 35.9 Å². The Balaban J connectivity index is 1.43. The molecule has 2 fully saturated rings. The van der Waals surface area contributed by atoms with E-state index in [2.05, 4.69) is 35.9 Å². The number of fused-ring (bicyclic) bond motifs is 1. The lowest BCUT2D eigenvalue weighted by Crippen LogP contribution is -2.43. The van der Waals surface area contributed by atoms with Crippen molar-refractivity contribution in [3.63, 3.8) is 0 Å². The van der Waals surface area contributed by atoms with Gasteiger partial charge in [0.25, 0.3) is 12.9 Å². The van der Waals surface area contributed by atoms with Gasteiger partial charge in [0.2, 0.25) is 11.8 Å². The van der Waals surface area contributed by atoms with E-state index < -0.39 is 24.5 Å². The van der Waals surface area contributed by atoms with Gasteiger partial charge in [-0.3, -0.25) is 19.5 Å². The summed E-state index contributed by atoms with van der Waals surface area (Å²) in [5, 5.41) is 29.3. The Morgan fingerprint density at radius 1 is 1.20 bits per heavy atom. The van der Waals surface area contributed by atoms with Gasteiger partial charge in [-0.05, 0) is 43.5 Å². The number of aryl methyl sites for hydroxylation is 1. The molecule has 1 aromatic carbocycles. The van der Waals surface area contributed by atoms with Crippen molar-refractivity contribution in [3.05, 3.63) is 48.0 Å². The first-order valence-electron chi connectivity index (χ1n) is 14.8. The zero-order chi connectivity index (χ0) is 31.3. The highest BCUT2D eigenvalue weighted by Crippen LogP contribution is 2.42. The highest BCUT2D eigenvalue weighted by atomic mass is 16.6. The summed E-state index contributed by atoms with van der Waals surface area (Å²) >= 11 is 0. The van der Waals surface area contributed by atoms with Crippen molar-refractivity contribution in [1.82, 2.24) is 45.0 Å². The van der Waals surface area contributed by atoms with E-state index in [1.54, 1.807) is 11.6 Å². The molecule has 1 unspecified atom stereocenters. The van der Waals surface area contributed by atoms with E-state index in [1.165, 1.54) is 11.1 Å². The third kappa shape index (κ3) is 6.13. The number of aliphatic hydroxyl groups is 1. The molecule has 0 spiro atoms. The maximum atomic E-state index is 11.7. The quantitative estimate of drug-likeness (QED) is 0.162. The van der Waals surface area contributed by atoms with Crippen LogP contribution in [-0.4, -0.2) is 102 Å². The molecular weight excluding hydrogens is 586 g/mol. The van der Waals surface area contributed by atoms with Crippen molar-refractivity contribution in [2.24, 2.45) is 7.05 Å². The fourth-order valence-corrected chi connectivity index (χ4v) is 5.91. The van der Waals surface area contributed by atoms with Gasteiger partial charge >= 0.3 is 0 Å². The Morgan fingerprint density at radius 3 is 2.67 bits per heavy atom. The molecule has 17 heteroatoms. The van der Waals surface area contributed by atoms with Gasteiger partial charge in [0, 0.05) is 6.54 Å². The molecule has 6 atom stereocenters. The number of aromatic nitrogens is 8. The van der Waals surface area contributed by atoms with Crippen molar-refractivity contribution in [2.45, 2.75) is 62.9 Å². The molecule has 3 N–H and O–H groups in total. The number of rotatable bonds is 14. The number of nitrogens with zero attached hydrogens (tertiary/aromatic N) is 9. The molecule has 0 bridgehead atoms. The van der Waals surface area contributed by atoms with Crippen molar-refractivity contribution in [3.8, 4) is 0 Å². The van der Waals surface area contributed by atoms with Crippen LogP contribution in [0.5, 0.6) is 0 Å². The van der Waals surface area contributed by atoms with Gasteiger partial charge in [0.05, 0.1) is 32.2 Å². The first-order valence-corrected chi connectivity index (χ1v) is 14.8. The molecule has 0 aliphatic carbocycles. The smallest absolute Gasteiger partial charge is 0.293 e. The lowest BCUT2D eigenvalue weighted by Gasteiger charge is -2.29. The number of hydrogen-bond acceptors (Lipinski definition) is 15. The summed E-state index contributed by atoms with van der Waals surface area (Å²) in [6.45, 7) is 3.89. The number of nitrogens with one attached hydrogen (secondary N) is 2. The van der Waals surface area contributed by atoms with Gasteiger partial charge in [0.15, 0.2) is 41.5 Å². The largest absolute Gasteiger partial charge is 0.457 e. The van der Waals surface area contributed by atoms with Crippen molar-refractivity contribution in [1.29, 1.82) is 0 Å². The van der Waals surface area contributed by atoms with E-state index in [4.69, 9.17) is 24.2 Å². The molecule has 0 radical (unpaired) electrons. The molecule has 17 nitrogen and oxygen atoms in total. The monoisotopic (exact) mass is 621 g/mol. The molecule has 2 aliphatic rings. The number of tetrazole rings is 1. The Morgan fingerprint density at radius 2 is 2.00 bits per heavy atom. The molecular formula is C28H35N11O6. The second-order valence-corrected chi connectivity index (χ2v) is 10.8. The van der Waals surface area contributed by atoms with Crippen LogP contribution in [0.15, 0.2) is 36.7 Å². The second kappa shape index (κ2) is 13.5. The van der Waals surface area contributed by atoms with Crippen LogP contribution in [0, 0.1) is 0 Å². The van der Waals surface area contributed by atoms with E-state index in [1.807, 2.05) is 37.3 Å². The van der Waals surface area contributed by atoms with Crippen LogP contribution < -0.4 is 15.5 Å². The summed E-state index contributed by atoms with van der Waals surface area (Å²) in [5.74, 6) is 0.993. The van der Waals surface area contributed by atoms with Gasteiger partial charge in [-0.1, -0.05) is 30.3 Å². The lowest BCUT2D eigenvalue weighted by atomic mass is 10.1. The number of aliphatic hydroxyl groups excluding tert-OH is 1. The number of ether oxygens (including phenoxy) is 3. The van der Waals surface area contributed by atoms with E-state index in [0.717, 1.165) is 24.9 Å². The number of imidazole rings is 1. The minimum atomic E-state index is -1.10. The predicted molar refractivity (Wildman–Crippen MR) is 158 cm³/mol. The predicted octanol–water partition coefficient (Wildman–Crippen LogP) is 0.254. The van der Waals surface area contributed by atoms with Crippen molar-refractivity contribution < 1.29 is 28.9 Å². The topological polar surface area (TPSA) is 197 Å². The molecule has 238 valence electrons. The first-order chi connectivity index (χ1) is 22.0. The van der Waals surface area contributed by atoms with Crippen LogP contribution >= 0.6 is 0 Å². The van der Waals surface area contributed by atoms with E-state index in [-0.39, 0.29) is 37.6 Å². The summed E-state index contributed by atoms with van der Waals surface area (Å²) in [7, 11) is 1.59. The Labute approximate surface area is 257 Å². The highest BCUT2D eigenvalue weighted by molar-refractivity contribution is 5.84. The summed E-state index contributed by atoms with van der Waals surface area (Å²) < 4.78 is 18.7. The molecule has 4 aromatic rings. The van der Waals surface area contributed by atoms with Crippen molar-refractivity contribution >= 4 is 35.9 Å². The standard InChI is InChI=1S/C28H35N11O6/c1-3-38(19-10-7-11-29-19)28-32-24(31-18(13-40)12-17-8-5-4-6-9-17)20-26(33-28)39(14-30-20)27-23(44-16-42)21(43-15-41)22(45-27)25-34-36-37(2)35-25/h4-6,8-9,14-16,18-19,21-23,27,29,40H,3,7,10-13H2,1-2H3,(H,31,32,33)/t18-,19?,21+,22-,23+,27+/m0/s1. The van der Waals surface area contributed by atoms with Crippen LogP contribution in [0.1, 0.15) is 43.5 Å². The van der Waals surface area contributed by atoms with Crippen molar-refractivity contribution in [2.75, 3.05) is 29.9 Å². The Kier molecular flexibility index (Phi) is 9.08. The minimum absolute atomic E-state index is 0.0287. The zero-order valence-electron chi connectivity index (χ0n) is 24.8. The molecule has 3 aromatic heterocycles. The van der Waals surface area contributed by atoms with Gasteiger partial charge in [0.1, 0.15) is 0 Å². The maximum absolute atomic E-state index is 11.7. The van der Waals surface area contributed by atoms with E-state index in [9.17, 15) is 14.7 Å². The van der Waals surface area contributed by atoms with Gasteiger partial charge in [-0.15, -0.1) is 10.2 Å². The molecule has 5 heterocycles. The average Bonchev–Trinajstić information content (AvgIpc) is 3.86. The molecule has 2 aliphatic heterocycles. The zero-order valence-corrected chi connectivity index (χ0v) is 24.8. The summed E-state index contributed by atoms with van der Waals surface area (Å²) in [5.41, 5.74) is 1.82. The first kappa shape index (κ1) is 30.3. The van der Waals surface area contributed by atoms with Gasteiger partial charge in [-0.2, -0.15) is 14.8 Å². The van der Waals surface area contributed by atoms with Crippen LogP contribution in [0.3, 0.4) is 0 Å². The number of benzene rings is 1. The van der Waals surface area contributed by atoms with Crippen LogP contribution in [0.25, 0.3) is 11.2 Å². The molecule has 2 saturated heterocycles. The number of anilines is 2. The summed E-state index contributed by atoms with van der Waals surface area (Å²) in [4.78, 5) is 40.9.